The molecule has 0 atom stereocenters. The molecule has 0 saturated carbocycles. The summed E-state index contributed by atoms with van der Waals surface area (Å²) in [4.78, 5) is 0. The largest absolute Gasteiger partial charge is 0.508 e. The molecule has 60 valence electrons. The Bertz CT molecular complexity index is 250. The lowest BCUT2D eigenvalue weighted by Crippen LogP contribution is -1.86. The summed E-state index contributed by atoms with van der Waals surface area (Å²) >= 11 is 7.50. The molecule has 1 rings (SSSR count). The van der Waals surface area contributed by atoms with Gasteiger partial charge < -0.3 is 5.11 Å². The van der Waals surface area contributed by atoms with E-state index in [1.54, 1.807) is 12.1 Å². The first kappa shape index (κ1) is 8.94. The number of halogens is 1. The van der Waals surface area contributed by atoms with Crippen LogP contribution in [0.25, 0.3) is 0 Å². The van der Waals surface area contributed by atoms with Gasteiger partial charge >= 0.3 is 0 Å². The third-order valence-corrected chi connectivity index (χ3v) is 2.41. The van der Waals surface area contributed by atoms with Gasteiger partial charge in [-0.1, -0.05) is 15.9 Å². The van der Waals surface area contributed by atoms with Gasteiger partial charge in [-0.3, -0.25) is 0 Å². The molecule has 1 aromatic rings. The minimum Gasteiger partial charge on any atom is -0.508 e. The molecule has 0 heterocycles. The van der Waals surface area contributed by atoms with Crippen molar-refractivity contribution >= 4 is 28.6 Å². The molecule has 1 aromatic carbocycles. The molecule has 0 aliphatic rings. The Balaban J connectivity index is 2.93. The summed E-state index contributed by atoms with van der Waals surface area (Å²) in [7, 11) is 0. The first-order valence-corrected chi connectivity index (χ1v) is 4.75. The SMILES string of the molecule is Oc1ccc(Br)c(CCS)c1. The summed E-state index contributed by atoms with van der Waals surface area (Å²) in [5.74, 6) is 1.10. The Labute approximate surface area is 80.0 Å². The zero-order valence-corrected chi connectivity index (χ0v) is 8.40. The van der Waals surface area contributed by atoms with Gasteiger partial charge in [-0.05, 0) is 35.9 Å². The highest BCUT2D eigenvalue weighted by atomic mass is 79.9. The lowest BCUT2D eigenvalue weighted by Gasteiger charge is -2.01. The number of aryl methyl sites for hydroxylation is 1. The number of phenols is 1. The minimum atomic E-state index is 0.310. The molecule has 11 heavy (non-hydrogen) atoms. The van der Waals surface area contributed by atoms with Gasteiger partial charge in [0.15, 0.2) is 0 Å². The zero-order valence-electron chi connectivity index (χ0n) is 5.92. The summed E-state index contributed by atoms with van der Waals surface area (Å²) in [6.45, 7) is 0. The Morgan fingerprint density at radius 3 is 2.82 bits per heavy atom. The standard InChI is InChI=1S/C8H9BrOS/c9-8-2-1-7(10)5-6(8)3-4-11/h1-2,5,10-11H,3-4H2. The Kier molecular flexibility index (Phi) is 3.27. The van der Waals surface area contributed by atoms with E-state index in [2.05, 4.69) is 28.6 Å². The monoisotopic (exact) mass is 232 g/mol. The predicted octanol–water partition coefficient (Wildman–Crippen LogP) is 2.63. The van der Waals surface area contributed by atoms with Crippen molar-refractivity contribution in [3.05, 3.63) is 28.2 Å². The molecule has 0 spiro atoms. The molecule has 0 unspecified atom stereocenters. The van der Waals surface area contributed by atoms with Gasteiger partial charge in [-0.2, -0.15) is 12.6 Å². The van der Waals surface area contributed by atoms with Crippen molar-refractivity contribution in [3.8, 4) is 5.75 Å². The van der Waals surface area contributed by atoms with Crippen molar-refractivity contribution in [1.29, 1.82) is 0 Å². The minimum absolute atomic E-state index is 0.310. The maximum absolute atomic E-state index is 9.12. The number of hydrogen-bond donors (Lipinski definition) is 2. The molecular weight excluding hydrogens is 224 g/mol. The highest BCUT2D eigenvalue weighted by Crippen LogP contribution is 2.22. The number of thiol groups is 1. The molecule has 0 aliphatic heterocycles. The van der Waals surface area contributed by atoms with Crippen LogP contribution in [-0.4, -0.2) is 10.9 Å². The van der Waals surface area contributed by atoms with Crippen molar-refractivity contribution in [3.63, 3.8) is 0 Å². The predicted molar refractivity (Wildman–Crippen MR) is 53.4 cm³/mol. The number of hydrogen-bond acceptors (Lipinski definition) is 2. The van der Waals surface area contributed by atoms with Crippen molar-refractivity contribution in [2.45, 2.75) is 6.42 Å². The molecule has 0 saturated heterocycles. The van der Waals surface area contributed by atoms with Crippen molar-refractivity contribution in [2.75, 3.05) is 5.75 Å². The zero-order chi connectivity index (χ0) is 8.27. The van der Waals surface area contributed by atoms with E-state index in [-0.39, 0.29) is 0 Å². The van der Waals surface area contributed by atoms with E-state index in [1.165, 1.54) is 0 Å². The van der Waals surface area contributed by atoms with Crippen LogP contribution in [0.5, 0.6) is 5.75 Å². The van der Waals surface area contributed by atoms with Crippen LogP contribution in [0.2, 0.25) is 0 Å². The van der Waals surface area contributed by atoms with Crippen LogP contribution in [0.3, 0.4) is 0 Å². The third kappa shape index (κ3) is 2.42. The van der Waals surface area contributed by atoms with Crippen LogP contribution in [0.15, 0.2) is 22.7 Å². The molecular formula is C8H9BrOS. The molecule has 0 amide bonds. The van der Waals surface area contributed by atoms with E-state index in [9.17, 15) is 0 Å². The number of aromatic hydroxyl groups is 1. The number of benzene rings is 1. The van der Waals surface area contributed by atoms with Gasteiger partial charge in [0.1, 0.15) is 5.75 Å². The van der Waals surface area contributed by atoms with Crippen LogP contribution < -0.4 is 0 Å². The summed E-state index contributed by atoms with van der Waals surface area (Å²) < 4.78 is 1.03. The smallest absolute Gasteiger partial charge is 0.115 e. The normalized spacial score (nSPS) is 10.0. The summed E-state index contributed by atoms with van der Waals surface area (Å²) in [5.41, 5.74) is 1.10. The molecule has 0 bridgehead atoms. The maximum Gasteiger partial charge on any atom is 0.115 e. The molecule has 0 radical (unpaired) electrons. The fourth-order valence-electron chi connectivity index (χ4n) is 0.873. The van der Waals surface area contributed by atoms with Gasteiger partial charge in [0.2, 0.25) is 0 Å². The lowest BCUT2D eigenvalue weighted by molar-refractivity contribution is 0.474. The second kappa shape index (κ2) is 4.02. The van der Waals surface area contributed by atoms with E-state index in [0.29, 0.717) is 5.75 Å². The van der Waals surface area contributed by atoms with Crippen molar-refractivity contribution < 1.29 is 5.11 Å². The van der Waals surface area contributed by atoms with Gasteiger partial charge in [0.05, 0.1) is 0 Å². The van der Waals surface area contributed by atoms with Crippen LogP contribution in [0.1, 0.15) is 5.56 Å². The quantitative estimate of drug-likeness (QED) is 0.752. The molecule has 0 aromatic heterocycles. The Hall–Kier alpha value is -0.150. The third-order valence-electron chi connectivity index (χ3n) is 1.41. The summed E-state index contributed by atoms with van der Waals surface area (Å²) in [5, 5.41) is 9.12. The first-order chi connectivity index (χ1) is 5.24. The molecule has 1 nitrogen and oxygen atoms in total. The fourth-order valence-corrected chi connectivity index (χ4v) is 1.56. The van der Waals surface area contributed by atoms with Crippen LogP contribution in [-0.2, 0) is 6.42 Å². The van der Waals surface area contributed by atoms with E-state index < -0.39 is 0 Å². The van der Waals surface area contributed by atoms with E-state index >= 15 is 0 Å². The van der Waals surface area contributed by atoms with Crippen LogP contribution in [0, 0.1) is 0 Å². The average Bonchev–Trinajstić information content (AvgIpc) is 1.98. The Morgan fingerprint density at radius 1 is 1.45 bits per heavy atom. The van der Waals surface area contributed by atoms with E-state index in [0.717, 1.165) is 22.2 Å². The number of rotatable bonds is 2. The molecule has 1 N–H and O–H groups in total. The van der Waals surface area contributed by atoms with E-state index in [1.807, 2.05) is 6.07 Å². The second-order valence-corrected chi connectivity index (χ2v) is 3.55. The average molecular weight is 233 g/mol. The van der Waals surface area contributed by atoms with Crippen LogP contribution >= 0.6 is 28.6 Å². The fraction of sp³-hybridized carbons (Fsp3) is 0.250. The second-order valence-electron chi connectivity index (χ2n) is 2.25. The van der Waals surface area contributed by atoms with Crippen LogP contribution in [0.4, 0.5) is 0 Å². The highest BCUT2D eigenvalue weighted by molar-refractivity contribution is 9.10. The molecule has 0 aliphatic carbocycles. The number of phenolic OH excluding ortho intramolecular Hbond substituents is 1. The highest BCUT2D eigenvalue weighted by Gasteiger charge is 1.98. The van der Waals surface area contributed by atoms with Crippen molar-refractivity contribution in [1.82, 2.24) is 0 Å². The molecule has 0 fully saturated rings. The lowest BCUT2D eigenvalue weighted by atomic mass is 10.2. The van der Waals surface area contributed by atoms with Gasteiger partial charge in [-0.15, -0.1) is 0 Å². The van der Waals surface area contributed by atoms with Gasteiger partial charge in [0, 0.05) is 4.47 Å². The first-order valence-electron chi connectivity index (χ1n) is 3.32. The van der Waals surface area contributed by atoms with Gasteiger partial charge in [-0.25, -0.2) is 0 Å². The van der Waals surface area contributed by atoms with Crippen molar-refractivity contribution in [2.24, 2.45) is 0 Å². The van der Waals surface area contributed by atoms with Gasteiger partial charge in [0.25, 0.3) is 0 Å². The Morgan fingerprint density at radius 2 is 2.18 bits per heavy atom. The topological polar surface area (TPSA) is 20.2 Å². The molecule has 3 heteroatoms. The van der Waals surface area contributed by atoms with E-state index in [4.69, 9.17) is 5.11 Å². The summed E-state index contributed by atoms with van der Waals surface area (Å²) in [6, 6.07) is 5.25. The summed E-state index contributed by atoms with van der Waals surface area (Å²) in [6.07, 6.45) is 0.873. The maximum atomic E-state index is 9.12.